The van der Waals surface area contributed by atoms with Crippen molar-refractivity contribution in [3.05, 3.63) is 34.1 Å². The molecule has 1 aromatic rings. The lowest BCUT2D eigenvalue weighted by Gasteiger charge is -2.22. The molecule has 1 N–H and O–H groups in total. The van der Waals surface area contributed by atoms with E-state index in [9.17, 15) is 14.5 Å². The molecule has 0 atom stereocenters. The fourth-order valence-corrected chi connectivity index (χ4v) is 2.60. The Morgan fingerprint density at radius 1 is 1.16 bits per heavy atom. The van der Waals surface area contributed by atoms with Gasteiger partial charge in [0.15, 0.2) is 0 Å². The van der Waals surface area contributed by atoms with E-state index < -0.39 is 10.7 Å². The molecule has 104 valence electrons. The number of benzene rings is 1. The van der Waals surface area contributed by atoms with E-state index in [0.717, 1.165) is 31.7 Å². The van der Waals surface area contributed by atoms with Gasteiger partial charge in [0, 0.05) is 6.04 Å². The Morgan fingerprint density at radius 3 is 2.42 bits per heavy atom. The van der Waals surface area contributed by atoms with Crippen LogP contribution in [0.3, 0.4) is 0 Å². The zero-order valence-electron chi connectivity index (χ0n) is 10.9. The predicted octanol–water partition coefficient (Wildman–Crippen LogP) is 4.26. The molecule has 0 aromatic heterocycles. The van der Waals surface area contributed by atoms with E-state index in [4.69, 9.17) is 0 Å². The largest absolute Gasteiger partial charge is 0.377 e. The molecule has 1 aliphatic rings. The zero-order chi connectivity index (χ0) is 13.7. The van der Waals surface area contributed by atoms with Crippen molar-refractivity contribution in [2.24, 2.45) is 0 Å². The first kappa shape index (κ1) is 13.8. The van der Waals surface area contributed by atoms with Crippen LogP contribution in [0.25, 0.3) is 0 Å². The Balaban J connectivity index is 2.10. The van der Waals surface area contributed by atoms with Gasteiger partial charge in [-0.25, -0.2) is 4.39 Å². The van der Waals surface area contributed by atoms with E-state index in [1.54, 1.807) is 0 Å². The van der Waals surface area contributed by atoms with Crippen LogP contribution in [0, 0.1) is 15.9 Å². The molecule has 1 saturated carbocycles. The van der Waals surface area contributed by atoms with E-state index in [1.165, 1.54) is 31.4 Å². The molecule has 2 rings (SSSR count). The summed E-state index contributed by atoms with van der Waals surface area (Å²) in [5.74, 6) is -0.574. The summed E-state index contributed by atoms with van der Waals surface area (Å²) in [5, 5.41) is 14.2. The molecule has 0 aliphatic heterocycles. The molecule has 0 heterocycles. The highest BCUT2D eigenvalue weighted by Gasteiger charge is 2.18. The molecular weight excluding hydrogens is 247 g/mol. The number of hydrogen-bond acceptors (Lipinski definition) is 3. The second-order valence-corrected chi connectivity index (χ2v) is 5.10. The van der Waals surface area contributed by atoms with Crippen LogP contribution in [-0.4, -0.2) is 11.0 Å². The van der Waals surface area contributed by atoms with Crippen LogP contribution in [0.15, 0.2) is 18.2 Å². The van der Waals surface area contributed by atoms with Crippen molar-refractivity contribution in [1.29, 1.82) is 0 Å². The smallest absolute Gasteiger partial charge is 0.295 e. The van der Waals surface area contributed by atoms with Gasteiger partial charge in [0.05, 0.1) is 11.0 Å². The summed E-state index contributed by atoms with van der Waals surface area (Å²) in [6.45, 7) is 0. The van der Waals surface area contributed by atoms with Gasteiger partial charge < -0.3 is 5.32 Å². The van der Waals surface area contributed by atoms with Gasteiger partial charge in [-0.15, -0.1) is 0 Å². The van der Waals surface area contributed by atoms with Gasteiger partial charge >= 0.3 is 0 Å². The van der Waals surface area contributed by atoms with Gasteiger partial charge in [0.1, 0.15) is 11.5 Å². The molecule has 1 aliphatic carbocycles. The van der Waals surface area contributed by atoms with E-state index >= 15 is 0 Å². The molecule has 5 heteroatoms. The quantitative estimate of drug-likeness (QED) is 0.657. The van der Waals surface area contributed by atoms with Crippen molar-refractivity contribution < 1.29 is 9.31 Å². The minimum atomic E-state index is -0.574. The van der Waals surface area contributed by atoms with Gasteiger partial charge in [-0.2, -0.15) is 0 Å². The summed E-state index contributed by atoms with van der Waals surface area (Å²) in [6, 6.07) is 3.96. The number of anilines is 1. The Morgan fingerprint density at radius 2 is 1.79 bits per heavy atom. The minimum Gasteiger partial charge on any atom is -0.377 e. The molecule has 0 unspecified atom stereocenters. The number of nitrogens with one attached hydrogen (secondary N) is 1. The number of nitro benzene ring substituents is 1. The van der Waals surface area contributed by atoms with Crippen molar-refractivity contribution in [1.82, 2.24) is 0 Å². The Labute approximate surface area is 112 Å². The van der Waals surface area contributed by atoms with Crippen LogP contribution in [0.2, 0.25) is 0 Å². The summed E-state index contributed by atoms with van der Waals surface area (Å²) in [6.07, 6.45) is 8.07. The summed E-state index contributed by atoms with van der Waals surface area (Å²) in [7, 11) is 0. The van der Waals surface area contributed by atoms with Gasteiger partial charge in [-0.05, 0) is 25.0 Å². The van der Waals surface area contributed by atoms with E-state index in [-0.39, 0.29) is 11.7 Å². The first-order valence-electron chi connectivity index (χ1n) is 6.87. The maximum absolute atomic E-state index is 13.1. The number of hydrogen-bond donors (Lipinski definition) is 1. The molecule has 0 amide bonds. The van der Waals surface area contributed by atoms with Gasteiger partial charge in [-0.3, -0.25) is 10.1 Å². The molecule has 4 nitrogen and oxygen atoms in total. The molecule has 0 radical (unpaired) electrons. The van der Waals surface area contributed by atoms with Crippen LogP contribution < -0.4 is 5.32 Å². The van der Waals surface area contributed by atoms with Crippen molar-refractivity contribution in [2.45, 2.75) is 51.0 Å². The number of nitrogens with zero attached hydrogens (tertiary/aromatic N) is 1. The average molecular weight is 266 g/mol. The minimum absolute atomic E-state index is 0.179. The van der Waals surface area contributed by atoms with Crippen molar-refractivity contribution >= 4 is 11.4 Å². The maximum Gasteiger partial charge on any atom is 0.295 e. The second-order valence-electron chi connectivity index (χ2n) is 5.10. The maximum atomic E-state index is 13.1. The Hall–Kier alpha value is -1.65. The lowest BCUT2D eigenvalue weighted by Crippen LogP contribution is -2.21. The van der Waals surface area contributed by atoms with Crippen LogP contribution >= 0.6 is 0 Å². The molecule has 0 spiro atoms. The molecule has 0 saturated heterocycles. The van der Waals surface area contributed by atoms with Crippen molar-refractivity contribution in [2.75, 3.05) is 5.32 Å². The van der Waals surface area contributed by atoms with E-state index in [0.29, 0.717) is 5.69 Å². The van der Waals surface area contributed by atoms with Crippen LogP contribution in [0.5, 0.6) is 0 Å². The highest BCUT2D eigenvalue weighted by molar-refractivity contribution is 5.61. The summed E-state index contributed by atoms with van der Waals surface area (Å²) in [4.78, 5) is 10.4. The highest BCUT2D eigenvalue weighted by Crippen LogP contribution is 2.28. The van der Waals surface area contributed by atoms with E-state index in [1.807, 2.05) is 0 Å². The fraction of sp³-hybridized carbons (Fsp3) is 0.571. The number of nitro groups is 1. The summed E-state index contributed by atoms with van der Waals surface area (Å²) >= 11 is 0. The van der Waals surface area contributed by atoms with Gasteiger partial charge in [0.25, 0.3) is 5.69 Å². The number of halogens is 1. The monoisotopic (exact) mass is 266 g/mol. The van der Waals surface area contributed by atoms with Gasteiger partial charge in [0.2, 0.25) is 0 Å². The third-order valence-corrected chi connectivity index (χ3v) is 3.62. The third kappa shape index (κ3) is 3.91. The Bertz CT molecular complexity index is 443. The number of rotatable bonds is 3. The summed E-state index contributed by atoms with van der Waals surface area (Å²) < 4.78 is 13.1. The first-order valence-corrected chi connectivity index (χ1v) is 6.87. The normalized spacial score (nSPS) is 17.5. The van der Waals surface area contributed by atoms with Gasteiger partial charge in [-0.1, -0.05) is 32.1 Å². The van der Waals surface area contributed by atoms with Crippen LogP contribution in [0.1, 0.15) is 44.9 Å². The molecule has 19 heavy (non-hydrogen) atoms. The average Bonchev–Trinajstić information content (AvgIpc) is 2.34. The van der Waals surface area contributed by atoms with Crippen molar-refractivity contribution in [3.63, 3.8) is 0 Å². The lowest BCUT2D eigenvalue weighted by molar-refractivity contribution is -0.384. The second kappa shape index (κ2) is 6.50. The van der Waals surface area contributed by atoms with Crippen LogP contribution in [-0.2, 0) is 0 Å². The van der Waals surface area contributed by atoms with Crippen LogP contribution in [0.4, 0.5) is 15.8 Å². The summed E-state index contributed by atoms with van der Waals surface area (Å²) in [5.41, 5.74) is 0.249. The first-order chi connectivity index (χ1) is 9.16. The zero-order valence-corrected chi connectivity index (χ0v) is 10.9. The fourth-order valence-electron chi connectivity index (χ4n) is 2.60. The molecule has 1 aromatic carbocycles. The third-order valence-electron chi connectivity index (χ3n) is 3.62. The SMILES string of the molecule is O=[N+]([O-])c1cc(F)ccc1NC1CCCCCCC1. The predicted molar refractivity (Wildman–Crippen MR) is 72.8 cm³/mol. The highest BCUT2D eigenvalue weighted by atomic mass is 19.1. The molecular formula is C14H19FN2O2. The van der Waals surface area contributed by atoms with E-state index in [2.05, 4.69) is 5.32 Å². The van der Waals surface area contributed by atoms with Crippen molar-refractivity contribution in [3.8, 4) is 0 Å². The Kier molecular flexibility index (Phi) is 4.71. The lowest BCUT2D eigenvalue weighted by atomic mass is 9.96. The standard InChI is InChI=1S/C14H19FN2O2/c15-11-8-9-13(14(10-11)17(18)19)16-12-6-4-2-1-3-5-7-12/h8-10,12,16H,1-7H2. The molecule has 0 bridgehead atoms. The topological polar surface area (TPSA) is 55.2 Å². The molecule has 1 fully saturated rings.